The third-order valence-corrected chi connectivity index (χ3v) is 5.22. The third-order valence-electron chi connectivity index (χ3n) is 5.22. The van der Waals surface area contributed by atoms with Crippen molar-refractivity contribution < 1.29 is 9.59 Å². The Kier molecular flexibility index (Phi) is 4.36. The Morgan fingerprint density at radius 2 is 1.86 bits per heavy atom. The van der Waals surface area contributed by atoms with E-state index in [1.165, 1.54) is 0 Å². The SMILES string of the molecule is CCC(C)CN1C(=O)C(C(C)(C)C)NC(=O)C12CCCC2. The van der Waals surface area contributed by atoms with E-state index in [2.05, 4.69) is 19.2 Å². The summed E-state index contributed by atoms with van der Waals surface area (Å²) in [6.07, 6.45) is 4.74. The van der Waals surface area contributed by atoms with E-state index in [4.69, 9.17) is 0 Å². The van der Waals surface area contributed by atoms with Crippen LogP contribution < -0.4 is 5.32 Å². The van der Waals surface area contributed by atoms with Crippen LogP contribution in [0.1, 0.15) is 66.7 Å². The van der Waals surface area contributed by atoms with Crippen LogP contribution in [0.5, 0.6) is 0 Å². The second-order valence-electron chi connectivity index (χ2n) is 7.97. The van der Waals surface area contributed by atoms with Crippen LogP contribution in [0, 0.1) is 11.3 Å². The van der Waals surface area contributed by atoms with Gasteiger partial charge in [-0.05, 0) is 24.2 Å². The quantitative estimate of drug-likeness (QED) is 0.870. The zero-order chi connectivity index (χ0) is 15.8. The molecular formula is C17H30N2O2. The number of nitrogens with zero attached hydrogens (tertiary/aromatic N) is 1. The summed E-state index contributed by atoms with van der Waals surface area (Å²) in [7, 11) is 0. The second kappa shape index (κ2) is 5.62. The fourth-order valence-corrected chi connectivity index (χ4v) is 3.57. The molecule has 2 aliphatic rings. The molecule has 1 heterocycles. The number of piperazine rings is 1. The maximum Gasteiger partial charge on any atom is 0.246 e. The van der Waals surface area contributed by atoms with Gasteiger partial charge in [0.2, 0.25) is 11.8 Å². The summed E-state index contributed by atoms with van der Waals surface area (Å²) in [4.78, 5) is 27.8. The van der Waals surface area contributed by atoms with Gasteiger partial charge in [-0.15, -0.1) is 0 Å². The second-order valence-corrected chi connectivity index (χ2v) is 7.97. The topological polar surface area (TPSA) is 49.4 Å². The predicted octanol–water partition coefficient (Wildman–Crippen LogP) is 2.72. The minimum atomic E-state index is -0.567. The lowest BCUT2D eigenvalue weighted by molar-refractivity contribution is -0.161. The number of carbonyl (C=O) groups excluding carboxylic acids is 2. The molecule has 0 bridgehead atoms. The van der Waals surface area contributed by atoms with E-state index in [1.807, 2.05) is 25.7 Å². The van der Waals surface area contributed by atoms with Gasteiger partial charge in [0.25, 0.3) is 0 Å². The van der Waals surface area contributed by atoms with Crippen molar-refractivity contribution >= 4 is 11.8 Å². The molecule has 120 valence electrons. The first kappa shape index (κ1) is 16.3. The highest BCUT2D eigenvalue weighted by molar-refractivity contribution is 6.00. The fraction of sp³-hybridized carbons (Fsp3) is 0.882. The molecule has 2 fully saturated rings. The molecule has 2 unspecified atom stereocenters. The van der Waals surface area contributed by atoms with E-state index in [-0.39, 0.29) is 17.2 Å². The molecule has 0 radical (unpaired) electrons. The Labute approximate surface area is 128 Å². The summed E-state index contributed by atoms with van der Waals surface area (Å²) in [5.41, 5.74) is -0.817. The van der Waals surface area contributed by atoms with Crippen LogP contribution in [0.25, 0.3) is 0 Å². The van der Waals surface area contributed by atoms with Crippen LogP contribution >= 0.6 is 0 Å². The first-order valence-electron chi connectivity index (χ1n) is 8.35. The summed E-state index contributed by atoms with van der Waals surface area (Å²) >= 11 is 0. The van der Waals surface area contributed by atoms with Crippen LogP contribution in [-0.4, -0.2) is 34.8 Å². The maximum atomic E-state index is 13.0. The summed E-state index contributed by atoms with van der Waals surface area (Å²) < 4.78 is 0. The first-order valence-corrected chi connectivity index (χ1v) is 8.35. The molecule has 21 heavy (non-hydrogen) atoms. The third kappa shape index (κ3) is 2.82. The maximum absolute atomic E-state index is 13.0. The number of amides is 2. The van der Waals surface area contributed by atoms with Gasteiger partial charge in [0.15, 0.2) is 0 Å². The average molecular weight is 294 g/mol. The molecule has 1 aliphatic heterocycles. The summed E-state index contributed by atoms with van der Waals surface area (Å²) in [5.74, 6) is 0.616. The smallest absolute Gasteiger partial charge is 0.246 e. The number of nitrogens with one attached hydrogen (secondary N) is 1. The molecule has 0 aromatic heterocycles. The van der Waals surface area contributed by atoms with Crippen LogP contribution in [0.3, 0.4) is 0 Å². The van der Waals surface area contributed by atoms with Crippen molar-refractivity contribution in [3.05, 3.63) is 0 Å². The van der Waals surface area contributed by atoms with E-state index < -0.39 is 11.6 Å². The zero-order valence-corrected chi connectivity index (χ0v) is 14.2. The molecule has 1 saturated carbocycles. The monoisotopic (exact) mass is 294 g/mol. The summed E-state index contributed by atoms with van der Waals surface area (Å²) in [5, 5.41) is 3.03. The Morgan fingerprint density at radius 1 is 1.29 bits per heavy atom. The minimum absolute atomic E-state index is 0.0721. The Balaban J connectivity index is 2.35. The number of hydrogen-bond acceptors (Lipinski definition) is 2. The Morgan fingerprint density at radius 3 is 2.33 bits per heavy atom. The molecule has 0 aromatic rings. The van der Waals surface area contributed by atoms with E-state index in [1.54, 1.807) is 0 Å². The van der Waals surface area contributed by atoms with Gasteiger partial charge in [0, 0.05) is 6.54 Å². The highest BCUT2D eigenvalue weighted by atomic mass is 16.2. The van der Waals surface area contributed by atoms with E-state index >= 15 is 0 Å². The van der Waals surface area contributed by atoms with Crippen LogP contribution in [0.15, 0.2) is 0 Å². The van der Waals surface area contributed by atoms with Gasteiger partial charge in [-0.25, -0.2) is 0 Å². The Bertz CT molecular complexity index is 419. The molecule has 2 atom stereocenters. The molecule has 1 saturated heterocycles. The van der Waals surface area contributed by atoms with Gasteiger partial charge >= 0.3 is 0 Å². The van der Waals surface area contributed by atoms with Crippen molar-refractivity contribution in [2.45, 2.75) is 78.3 Å². The molecular weight excluding hydrogens is 264 g/mol. The Hall–Kier alpha value is -1.06. The average Bonchev–Trinajstić information content (AvgIpc) is 2.88. The number of hydrogen-bond donors (Lipinski definition) is 1. The molecule has 4 heteroatoms. The normalized spacial score (nSPS) is 27.1. The standard InChI is InChI=1S/C17H30N2O2/c1-6-12(2)11-19-14(20)13(16(3,4)5)18-15(21)17(19)9-7-8-10-17/h12-13H,6-11H2,1-5H3,(H,18,21). The molecule has 2 rings (SSSR count). The van der Waals surface area contributed by atoms with Gasteiger partial charge in [0.05, 0.1) is 0 Å². The van der Waals surface area contributed by atoms with Gasteiger partial charge in [-0.3, -0.25) is 9.59 Å². The number of rotatable bonds is 3. The van der Waals surface area contributed by atoms with Gasteiger partial charge in [0.1, 0.15) is 11.6 Å². The van der Waals surface area contributed by atoms with Crippen LogP contribution in [-0.2, 0) is 9.59 Å². The number of carbonyl (C=O) groups is 2. The van der Waals surface area contributed by atoms with Crippen LogP contribution in [0.2, 0.25) is 0 Å². The van der Waals surface area contributed by atoms with Crippen molar-refractivity contribution in [2.75, 3.05) is 6.54 Å². The van der Waals surface area contributed by atoms with Crippen LogP contribution in [0.4, 0.5) is 0 Å². The van der Waals surface area contributed by atoms with Gasteiger partial charge in [-0.2, -0.15) is 0 Å². The van der Waals surface area contributed by atoms with Gasteiger partial charge in [-0.1, -0.05) is 53.9 Å². The largest absolute Gasteiger partial charge is 0.342 e. The molecule has 0 aromatic carbocycles. The summed E-state index contributed by atoms with van der Waals surface area (Å²) in [6.45, 7) is 11.1. The molecule has 1 N–H and O–H groups in total. The summed E-state index contributed by atoms with van der Waals surface area (Å²) in [6, 6.07) is -0.403. The van der Waals surface area contributed by atoms with Crippen molar-refractivity contribution in [1.82, 2.24) is 10.2 Å². The van der Waals surface area contributed by atoms with Gasteiger partial charge < -0.3 is 10.2 Å². The van der Waals surface area contributed by atoms with E-state index in [9.17, 15) is 9.59 Å². The highest BCUT2D eigenvalue weighted by Gasteiger charge is 2.55. The molecule has 1 spiro atoms. The van der Waals surface area contributed by atoms with Crippen molar-refractivity contribution in [3.8, 4) is 0 Å². The molecule has 2 amide bonds. The lowest BCUT2D eigenvalue weighted by Gasteiger charge is -2.50. The fourth-order valence-electron chi connectivity index (χ4n) is 3.57. The lowest BCUT2D eigenvalue weighted by Crippen LogP contribution is -2.72. The lowest BCUT2D eigenvalue weighted by atomic mass is 9.80. The molecule has 4 nitrogen and oxygen atoms in total. The highest BCUT2D eigenvalue weighted by Crippen LogP contribution is 2.40. The van der Waals surface area contributed by atoms with E-state index in [0.29, 0.717) is 12.5 Å². The van der Waals surface area contributed by atoms with E-state index in [0.717, 1.165) is 32.1 Å². The van der Waals surface area contributed by atoms with Crippen molar-refractivity contribution in [1.29, 1.82) is 0 Å². The van der Waals surface area contributed by atoms with Crippen molar-refractivity contribution in [2.24, 2.45) is 11.3 Å². The first-order chi connectivity index (χ1) is 9.72. The minimum Gasteiger partial charge on any atom is -0.342 e. The predicted molar refractivity (Wildman–Crippen MR) is 83.8 cm³/mol. The van der Waals surface area contributed by atoms with Crippen molar-refractivity contribution in [3.63, 3.8) is 0 Å². The zero-order valence-electron chi connectivity index (χ0n) is 14.2. The molecule has 1 aliphatic carbocycles.